The second kappa shape index (κ2) is 9.91. The number of carbonyl (C=O) groups is 2. The fourth-order valence-corrected chi connectivity index (χ4v) is 5.06. The number of primary amides is 1. The van der Waals surface area contributed by atoms with Crippen LogP contribution in [0.2, 0.25) is 0 Å². The molecule has 2 fully saturated rings. The highest BCUT2D eigenvalue weighted by atomic mass is 16.5. The minimum Gasteiger partial charge on any atom is -0.404 e. The summed E-state index contributed by atoms with van der Waals surface area (Å²) in [5, 5.41) is 0. The van der Waals surface area contributed by atoms with Gasteiger partial charge in [-0.1, -0.05) is 26.0 Å². The van der Waals surface area contributed by atoms with E-state index in [-0.39, 0.29) is 35.0 Å². The molecule has 9 nitrogen and oxygen atoms in total. The normalized spacial score (nSPS) is 24.8. The molecule has 1 saturated heterocycles. The Balaban J connectivity index is 1.60. The van der Waals surface area contributed by atoms with E-state index < -0.39 is 5.91 Å². The molecule has 0 spiro atoms. The number of aromatic amines is 1. The van der Waals surface area contributed by atoms with Crippen molar-refractivity contribution in [2.45, 2.75) is 39.2 Å². The van der Waals surface area contributed by atoms with Crippen LogP contribution in [-0.4, -0.2) is 54.4 Å². The first-order valence-corrected chi connectivity index (χ1v) is 12.3. The molecule has 2 amide bonds. The predicted molar refractivity (Wildman–Crippen MR) is 141 cm³/mol. The number of hydrogen-bond acceptors (Lipinski definition) is 6. The fraction of sp³-hybridized carbons (Fsp3) is 0.444. The molecule has 0 bridgehead atoms. The highest BCUT2D eigenvalue weighted by Gasteiger charge is 2.48. The van der Waals surface area contributed by atoms with E-state index in [1.165, 1.54) is 6.20 Å². The smallest absolute Gasteiger partial charge is 0.253 e. The monoisotopic (exact) mass is 492 g/mol. The number of morpholine rings is 1. The van der Waals surface area contributed by atoms with Crippen molar-refractivity contribution in [2.75, 3.05) is 31.2 Å². The molecule has 36 heavy (non-hydrogen) atoms. The third-order valence-electron chi connectivity index (χ3n) is 8.10. The maximum Gasteiger partial charge on any atom is 0.253 e. The summed E-state index contributed by atoms with van der Waals surface area (Å²) in [6, 6.07) is 9.67. The topological polar surface area (TPSA) is 153 Å². The second-order valence-electron chi connectivity index (χ2n) is 10.5. The third kappa shape index (κ3) is 4.81. The van der Waals surface area contributed by atoms with Gasteiger partial charge in [-0.25, -0.2) is 0 Å². The molecular weight excluding hydrogens is 456 g/mol. The number of anilines is 1. The number of hydrogen-bond donors (Lipinski definition) is 4. The van der Waals surface area contributed by atoms with Crippen molar-refractivity contribution in [3.8, 4) is 11.1 Å². The fourth-order valence-electron chi connectivity index (χ4n) is 5.06. The average Bonchev–Trinajstić information content (AvgIpc) is 3.40. The Morgan fingerprint density at radius 3 is 2.56 bits per heavy atom. The van der Waals surface area contributed by atoms with Crippen molar-refractivity contribution in [3.05, 3.63) is 54.0 Å². The number of H-pyrrole nitrogens is 1. The van der Waals surface area contributed by atoms with E-state index in [0.717, 1.165) is 29.7 Å². The van der Waals surface area contributed by atoms with E-state index in [1.807, 2.05) is 36.5 Å². The first kappa shape index (κ1) is 25.7. The Morgan fingerprint density at radius 1 is 1.25 bits per heavy atom. The van der Waals surface area contributed by atoms with Crippen molar-refractivity contribution in [2.24, 2.45) is 33.5 Å². The molecule has 4 rings (SSSR count). The first-order valence-electron chi connectivity index (χ1n) is 12.3. The Morgan fingerprint density at radius 2 is 1.97 bits per heavy atom. The SMILES string of the molecule is CC1(C)[C@H](CN=C(C(=CN)C(N)=O)c2cc(-c3ccc(N4CCOCC4=O)cc3)c[nH]2)CC[C@]1(C)N. The van der Waals surface area contributed by atoms with Crippen molar-refractivity contribution >= 4 is 23.2 Å². The zero-order valence-corrected chi connectivity index (χ0v) is 21.2. The lowest BCUT2D eigenvalue weighted by molar-refractivity contribution is -0.125. The van der Waals surface area contributed by atoms with E-state index >= 15 is 0 Å². The van der Waals surface area contributed by atoms with Crippen LogP contribution >= 0.6 is 0 Å². The lowest BCUT2D eigenvalue weighted by Crippen LogP contribution is -2.48. The quantitative estimate of drug-likeness (QED) is 0.345. The standard InChI is InChI=1S/C27H36N6O3/c1-26(2)19(8-9-27(26,3)30)15-32-24(21(13-28)25(29)35)22-12-18(14-31-22)17-4-6-20(7-5-17)33-10-11-36-16-23(33)34/h4-7,12-14,19,31H,8-11,15-16,28,30H2,1-3H3,(H2,29,35)/t19-,27-/m0/s1. The number of rotatable bonds is 7. The highest BCUT2D eigenvalue weighted by Crippen LogP contribution is 2.48. The number of benzene rings is 1. The number of aromatic nitrogens is 1. The van der Waals surface area contributed by atoms with E-state index in [4.69, 9.17) is 26.9 Å². The predicted octanol–water partition coefficient (Wildman–Crippen LogP) is 2.32. The maximum atomic E-state index is 12.2. The van der Waals surface area contributed by atoms with Gasteiger partial charge in [0.25, 0.3) is 11.8 Å². The van der Waals surface area contributed by atoms with Crippen LogP contribution in [0.1, 0.15) is 39.3 Å². The molecular formula is C27H36N6O3. The summed E-state index contributed by atoms with van der Waals surface area (Å²) < 4.78 is 5.21. The number of aliphatic imine (C=N–C) groups is 1. The highest BCUT2D eigenvalue weighted by molar-refractivity contribution is 6.27. The minimum absolute atomic E-state index is 0.0493. The van der Waals surface area contributed by atoms with Crippen molar-refractivity contribution in [1.82, 2.24) is 4.98 Å². The van der Waals surface area contributed by atoms with Gasteiger partial charge in [-0.15, -0.1) is 0 Å². The van der Waals surface area contributed by atoms with Crippen LogP contribution in [0.4, 0.5) is 5.69 Å². The molecule has 1 aliphatic carbocycles. The molecule has 192 valence electrons. The first-order chi connectivity index (χ1) is 17.0. The van der Waals surface area contributed by atoms with Crippen LogP contribution in [0, 0.1) is 11.3 Å². The average molecular weight is 493 g/mol. The second-order valence-corrected chi connectivity index (χ2v) is 10.5. The molecule has 1 saturated carbocycles. The van der Waals surface area contributed by atoms with Crippen molar-refractivity contribution < 1.29 is 14.3 Å². The minimum atomic E-state index is -0.638. The van der Waals surface area contributed by atoms with Gasteiger partial charge in [-0.2, -0.15) is 0 Å². The van der Waals surface area contributed by atoms with Crippen LogP contribution in [0.25, 0.3) is 11.1 Å². The summed E-state index contributed by atoms with van der Waals surface area (Å²) >= 11 is 0. The number of nitrogens with two attached hydrogens (primary N) is 3. The molecule has 2 atom stereocenters. The van der Waals surface area contributed by atoms with Gasteiger partial charge < -0.3 is 31.8 Å². The van der Waals surface area contributed by atoms with E-state index in [0.29, 0.717) is 31.1 Å². The molecule has 0 radical (unpaired) electrons. The molecule has 7 N–H and O–H groups in total. The zero-order valence-electron chi connectivity index (χ0n) is 21.2. The van der Waals surface area contributed by atoms with Gasteiger partial charge >= 0.3 is 0 Å². The summed E-state index contributed by atoms with van der Waals surface area (Å²) in [7, 11) is 0. The Bertz CT molecular complexity index is 1190. The Labute approximate surface area is 211 Å². The molecule has 2 heterocycles. The summed E-state index contributed by atoms with van der Waals surface area (Å²) in [5.41, 5.74) is 21.5. The van der Waals surface area contributed by atoms with Gasteiger partial charge in [0.05, 0.1) is 23.6 Å². The summed E-state index contributed by atoms with van der Waals surface area (Å²) in [5.74, 6) is -0.424. The lowest BCUT2D eigenvalue weighted by Gasteiger charge is -2.38. The van der Waals surface area contributed by atoms with Gasteiger partial charge in [0, 0.05) is 36.7 Å². The molecule has 2 aliphatic rings. The largest absolute Gasteiger partial charge is 0.404 e. The Hall–Kier alpha value is -3.43. The number of carbonyl (C=O) groups excluding carboxylic acids is 2. The van der Waals surface area contributed by atoms with Crippen LogP contribution in [0.3, 0.4) is 0 Å². The lowest BCUT2D eigenvalue weighted by atomic mass is 9.72. The molecule has 9 heteroatoms. The summed E-state index contributed by atoms with van der Waals surface area (Å²) in [4.78, 5) is 34.1. The van der Waals surface area contributed by atoms with E-state index in [9.17, 15) is 9.59 Å². The summed E-state index contributed by atoms with van der Waals surface area (Å²) in [6.07, 6.45) is 4.95. The van der Waals surface area contributed by atoms with Crippen LogP contribution in [0.15, 0.2) is 53.3 Å². The molecule has 0 unspecified atom stereocenters. The van der Waals surface area contributed by atoms with Crippen molar-refractivity contribution in [1.29, 1.82) is 0 Å². The molecule has 1 aromatic carbocycles. The zero-order chi connectivity index (χ0) is 26.1. The van der Waals surface area contributed by atoms with Crippen LogP contribution < -0.4 is 22.1 Å². The van der Waals surface area contributed by atoms with Gasteiger partial charge in [-0.3, -0.25) is 14.6 Å². The van der Waals surface area contributed by atoms with Gasteiger partial charge in [-0.05, 0) is 60.4 Å². The third-order valence-corrected chi connectivity index (χ3v) is 8.10. The van der Waals surface area contributed by atoms with E-state index in [1.54, 1.807) is 4.90 Å². The number of amides is 2. The van der Waals surface area contributed by atoms with Gasteiger partial charge in [0.1, 0.15) is 6.61 Å². The van der Waals surface area contributed by atoms with Crippen LogP contribution in [0.5, 0.6) is 0 Å². The van der Waals surface area contributed by atoms with E-state index in [2.05, 4.69) is 25.8 Å². The molecule has 2 aromatic rings. The molecule has 1 aliphatic heterocycles. The Kier molecular flexibility index (Phi) is 7.06. The van der Waals surface area contributed by atoms with Crippen molar-refractivity contribution in [3.63, 3.8) is 0 Å². The molecule has 1 aromatic heterocycles. The maximum absolute atomic E-state index is 12.2. The summed E-state index contributed by atoms with van der Waals surface area (Å²) in [6.45, 7) is 8.11. The van der Waals surface area contributed by atoms with Crippen LogP contribution in [-0.2, 0) is 14.3 Å². The number of nitrogens with one attached hydrogen (secondary N) is 1. The van der Waals surface area contributed by atoms with Gasteiger partial charge in [0.15, 0.2) is 0 Å². The van der Waals surface area contributed by atoms with Gasteiger partial charge in [0.2, 0.25) is 0 Å². The number of ether oxygens (including phenoxy) is 1. The number of nitrogens with zero attached hydrogens (tertiary/aromatic N) is 2.